The number of hydrogen-bond donors (Lipinski definition) is 1. The summed E-state index contributed by atoms with van der Waals surface area (Å²) in [5, 5.41) is 12.8. The van der Waals surface area contributed by atoms with Crippen LogP contribution in [-0.2, 0) is 19.8 Å². The molecule has 5 rings (SSSR count). The first-order valence-electron chi connectivity index (χ1n) is 12.4. The van der Waals surface area contributed by atoms with Gasteiger partial charge in [0.25, 0.3) is 0 Å². The predicted molar refractivity (Wildman–Crippen MR) is 152 cm³/mol. The highest BCUT2D eigenvalue weighted by Gasteiger charge is 2.14. The number of pyridine rings is 1. The number of nitrogens with one attached hydrogen (secondary N) is 1. The Morgan fingerprint density at radius 2 is 1.72 bits per heavy atom. The monoisotopic (exact) mass is 535 g/mol. The van der Waals surface area contributed by atoms with E-state index < -0.39 is 0 Å². The third-order valence-electron chi connectivity index (χ3n) is 6.41. The molecule has 0 aliphatic carbocycles. The topological polar surface area (TPSA) is 92.9 Å². The number of hydrogen-bond acceptors (Lipinski definition) is 7. The van der Waals surface area contributed by atoms with E-state index in [1.54, 1.807) is 24.7 Å². The molecule has 0 radical (unpaired) electrons. The molecule has 0 amide bonds. The minimum atomic E-state index is 0.262. The van der Waals surface area contributed by atoms with Gasteiger partial charge in [-0.25, -0.2) is 0 Å². The second kappa shape index (κ2) is 11.9. The van der Waals surface area contributed by atoms with Crippen LogP contribution >= 0.6 is 11.6 Å². The normalized spacial score (nSPS) is 10.8. The Labute approximate surface area is 232 Å². The Balaban J connectivity index is 1.37. The average Bonchev–Trinajstić information content (AvgIpc) is 2.97. The molecule has 3 aromatic carbocycles. The van der Waals surface area contributed by atoms with E-state index in [4.69, 9.17) is 26.3 Å². The van der Waals surface area contributed by atoms with Crippen LogP contribution in [0.2, 0.25) is 5.02 Å². The Morgan fingerprint density at radius 1 is 0.897 bits per heavy atom. The van der Waals surface area contributed by atoms with Gasteiger partial charge in [0.1, 0.15) is 30.8 Å². The molecule has 1 N–H and O–H groups in total. The minimum Gasteiger partial charge on any atom is -0.488 e. The van der Waals surface area contributed by atoms with Crippen LogP contribution in [0.5, 0.6) is 11.5 Å². The molecule has 7 nitrogen and oxygen atoms in total. The van der Waals surface area contributed by atoms with Crippen molar-refractivity contribution in [3.63, 3.8) is 0 Å². The van der Waals surface area contributed by atoms with Gasteiger partial charge in [0.05, 0.1) is 21.6 Å². The molecule has 0 spiro atoms. The van der Waals surface area contributed by atoms with Crippen molar-refractivity contribution in [2.24, 2.45) is 0 Å². The van der Waals surface area contributed by atoms with Crippen molar-refractivity contribution in [1.29, 1.82) is 5.26 Å². The zero-order valence-electron chi connectivity index (χ0n) is 21.6. The van der Waals surface area contributed by atoms with E-state index >= 15 is 0 Å². The van der Waals surface area contributed by atoms with Crippen molar-refractivity contribution in [3.05, 3.63) is 112 Å². The van der Waals surface area contributed by atoms with Crippen LogP contribution in [0.15, 0.2) is 79.4 Å². The molecule has 0 aliphatic heterocycles. The van der Waals surface area contributed by atoms with Crippen LogP contribution in [0.4, 0.5) is 0 Å². The number of benzene rings is 3. The second-order valence-electron chi connectivity index (χ2n) is 9.04. The van der Waals surface area contributed by atoms with E-state index in [-0.39, 0.29) is 6.61 Å². The van der Waals surface area contributed by atoms with Crippen molar-refractivity contribution in [3.8, 4) is 28.7 Å². The minimum absolute atomic E-state index is 0.262. The van der Waals surface area contributed by atoms with Crippen molar-refractivity contribution in [2.75, 3.05) is 7.05 Å². The van der Waals surface area contributed by atoms with E-state index in [0.29, 0.717) is 35.2 Å². The number of ether oxygens (including phenoxy) is 2. The lowest BCUT2D eigenvalue weighted by Crippen LogP contribution is -2.09. The summed E-state index contributed by atoms with van der Waals surface area (Å²) >= 11 is 6.62. The second-order valence-corrected chi connectivity index (χ2v) is 9.45. The summed E-state index contributed by atoms with van der Waals surface area (Å²) in [7, 11) is 1.86. The molecule has 2 heterocycles. The molecule has 0 atom stereocenters. The molecule has 8 heteroatoms. The molecule has 0 unspecified atom stereocenters. The molecule has 0 saturated carbocycles. The third-order valence-corrected chi connectivity index (χ3v) is 6.71. The van der Waals surface area contributed by atoms with Crippen LogP contribution in [0, 0.1) is 18.3 Å². The maximum atomic E-state index is 9.15. The van der Waals surface area contributed by atoms with Gasteiger partial charge in [0.15, 0.2) is 0 Å². The van der Waals surface area contributed by atoms with Gasteiger partial charge in [0, 0.05) is 48.5 Å². The fraction of sp³-hybridized carbons (Fsp3) is 0.161. The number of aromatic nitrogens is 3. The average molecular weight is 536 g/mol. The number of nitriles is 1. The molecule has 39 heavy (non-hydrogen) atoms. The zero-order valence-corrected chi connectivity index (χ0v) is 22.4. The predicted octanol–water partition coefficient (Wildman–Crippen LogP) is 6.40. The van der Waals surface area contributed by atoms with Gasteiger partial charge >= 0.3 is 0 Å². The molecule has 194 valence electrons. The fourth-order valence-corrected chi connectivity index (χ4v) is 4.62. The number of fused-ring (bicyclic) bond motifs is 1. The molecule has 0 aliphatic rings. The molecule has 0 bridgehead atoms. The summed E-state index contributed by atoms with van der Waals surface area (Å²) in [5.41, 5.74) is 8.24. The lowest BCUT2D eigenvalue weighted by Gasteiger charge is -2.17. The van der Waals surface area contributed by atoms with Gasteiger partial charge in [-0.15, -0.1) is 0 Å². The van der Waals surface area contributed by atoms with Gasteiger partial charge < -0.3 is 14.8 Å². The first-order chi connectivity index (χ1) is 19.1. The molecular weight excluding hydrogens is 510 g/mol. The van der Waals surface area contributed by atoms with E-state index in [0.717, 1.165) is 44.4 Å². The molecule has 2 aromatic heterocycles. The highest BCUT2D eigenvalue weighted by Crippen LogP contribution is 2.35. The molecule has 0 saturated heterocycles. The van der Waals surface area contributed by atoms with Crippen LogP contribution in [0.3, 0.4) is 0 Å². The Morgan fingerprint density at radius 3 is 2.54 bits per heavy atom. The number of nitrogens with zero attached hydrogens (tertiary/aromatic N) is 4. The molecule has 5 aromatic rings. The maximum Gasteiger partial charge on any atom is 0.142 e. The van der Waals surface area contributed by atoms with Crippen LogP contribution in [0.25, 0.3) is 22.2 Å². The van der Waals surface area contributed by atoms with Crippen molar-refractivity contribution in [2.45, 2.75) is 26.7 Å². The van der Waals surface area contributed by atoms with Crippen LogP contribution in [-0.4, -0.2) is 22.0 Å². The van der Waals surface area contributed by atoms with E-state index in [2.05, 4.69) is 57.5 Å². The number of halogens is 1. The largest absolute Gasteiger partial charge is 0.488 e. The molecule has 0 fully saturated rings. The summed E-state index contributed by atoms with van der Waals surface area (Å²) in [4.78, 5) is 12.9. The zero-order chi connectivity index (χ0) is 27.2. The Hall–Kier alpha value is -4.51. The van der Waals surface area contributed by atoms with Gasteiger partial charge in [0.2, 0.25) is 0 Å². The van der Waals surface area contributed by atoms with Crippen molar-refractivity contribution in [1.82, 2.24) is 20.3 Å². The van der Waals surface area contributed by atoms with E-state index in [1.165, 1.54) is 6.20 Å². The maximum absolute atomic E-state index is 9.15. The van der Waals surface area contributed by atoms with Crippen LogP contribution in [0.1, 0.15) is 27.8 Å². The van der Waals surface area contributed by atoms with Crippen molar-refractivity contribution >= 4 is 22.6 Å². The first-order valence-corrected chi connectivity index (χ1v) is 12.8. The fourth-order valence-electron chi connectivity index (χ4n) is 4.38. The highest BCUT2D eigenvalue weighted by atomic mass is 35.5. The summed E-state index contributed by atoms with van der Waals surface area (Å²) < 4.78 is 12.3. The highest BCUT2D eigenvalue weighted by molar-refractivity contribution is 6.32. The standard InChI is InChI=1S/C31H26ClN5O2/c1-20-24(4-3-5-26(20)23-6-7-28-29(12-23)37-9-8-36-28)19-39-31-13-30(25(17-34-2)11-27(31)32)38-18-22-10-21(14-33)15-35-16-22/h3-13,15-16,34H,17-19H2,1-2H3. The Kier molecular flexibility index (Phi) is 7.97. The van der Waals surface area contributed by atoms with Crippen molar-refractivity contribution < 1.29 is 9.47 Å². The third kappa shape index (κ3) is 5.99. The van der Waals surface area contributed by atoms with Gasteiger partial charge in [-0.05, 0) is 60.5 Å². The SMILES string of the molecule is CNCc1cc(Cl)c(OCc2cccc(-c3ccc4nccnc4c3)c2C)cc1OCc1cncc(C#N)c1. The number of rotatable bonds is 9. The summed E-state index contributed by atoms with van der Waals surface area (Å²) in [6, 6.07) is 19.8. The smallest absolute Gasteiger partial charge is 0.142 e. The summed E-state index contributed by atoms with van der Waals surface area (Å²) in [6.45, 7) is 3.26. The first kappa shape index (κ1) is 26.1. The van der Waals surface area contributed by atoms with Gasteiger partial charge in [-0.1, -0.05) is 35.9 Å². The lowest BCUT2D eigenvalue weighted by atomic mass is 9.96. The van der Waals surface area contributed by atoms with E-state index in [9.17, 15) is 0 Å². The molecular formula is C31H26ClN5O2. The van der Waals surface area contributed by atoms with Gasteiger partial charge in [-0.3, -0.25) is 15.0 Å². The quantitative estimate of drug-likeness (QED) is 0.233. The Bertz CT molecular complexity index is 1680. The van der Waals surface area contributed by atoms with Gasteiger partial charge in [-0.2, -0.15) is 5.26 Å². The summed E-state index contributed by atoms with van der Waals surface area (Å²) in [5.74, 6) is 1.18. The lowest BCUT2D eigenvalue weighted by molar-refractivity contribution is 0.287. The summed E-state index contributed by atoms with van der Waals surface area (Å²) in [6.07, 6.45) is 6.60. The van der Waals surface area contributed by atoms with E-state index in [1.807, 2.05) is 31.3 Å². The van der Waals surface area contributed by atoms with Crippen LogP contribution < -0.4 is 14.8 Å².